The first kappa shape index (κ1) is 12.8. The third kappa shape index (κ3) is 2.30. The van der Waals surface area contributed by atoms with Crippen molar-refractivity contribution in [2.24, 2.45) is 11.8 Å². The van der Waals surface area contributed by atoms with E-state index in [2.05, 4.69) is 15.2 Å². The lowest BCUT2D eigenvalue weighted by molar-refractivity contribution is -0.134. The highest BCUT2D eigenvalue weighted by Crippen LogP contribution is 2.33. The van der Waals surface area contributed by atoms with Gasteiger partial charge >= 0.3 is 0 Å². The van der Waals surface area contributed by atoms with E-state index in [9.17, 15) is 9.59 Å². The molecule has 0 N–H and O–H groups in total. The van der Waals surface area contributed by atoms with E-state index in [0.29, 0.717) is 30.1 Å². The van der Waals surface area contributed by atoms with Crippen LogP contribution in [0.2, 0.25) is 0 Å². The van der Waals surface area contributed by atoms with Crippen LogP contribution in [0.3, 0.4) is 0 Å². The first-order valence-electron chi connectivity index (χ1n) is 6.20. The zero-order valence-electron chi connectivity index (χ0n) is 10.9. The number of aromatic nitrogens is 3. The summed E-state index contributed by atoms with van der Waals surface area (Å²) in [4.78, 5) is 28.4. The van der Waals surface area contributed by atoms with Gasteiger partial charge in [0, 0.05) is 12.8 Å². The van der Waals surface area contributed by atoms with Crippen LogP contribution in [0.5, 0.6) is 0 Å². The maximum Gasteiger partial charge on any atom is 0.149 e. The molecule has 0 amide bonds. The number of ketones is 2. The summed E-state index contributed by atoms with van der Waals surface area (Å²) in [6.45, 7) is 5.82. The van der Waals surface area contributed by atoms with Crippen molar-refractivity contribution in [2.45, 2.75) is 39.5 Å². The molecule has 1 aliphatic rings. The van der Waals surface area contributed by atoms with Gasteiger partial charge in [-0.2, -0.15) is 5.10 Å². The molecule has 1 aromatic rings. The van der Waals surface area contributed by atoms with Gasteiger partial charge in [-0.3, -0.25) is 9.59 Å². The number of carbonyl (C=O) groups is 2. The van der Waals surface area contributed by atoms with Gasteiger partial charge in [0.15, 0.2) is 0 Å². The number of nitrogens with zero attached hydrogens (tertiary/aromatic N) is 3. The van der Waals surface area contributed by atoms with Crippen LogP contribution >= 0.6 is 0 Å². The van der Waals surface area contributed by atoms with Crippen molar-refractivity contribution in [3.8, 4) is 0 Å². The van der Waals surface area contributed by atoms with Crippen LogP contribution in [0, 0.1) is 18.8 Å². The van der Waals surface area contributed by atoms with Crippen LogP contribution in [0.4, 0.5) is 0 Å². The molecule has 0 radical (unpaired) electrons. The Morgan fingerprint density at radius 3 is 2.33 bits per heavy atom. The van der Waals surface area contributed by atoms with Gasteiger partial charge in [-0.25, -0.2) is 4.98 Å². The van der Waals surface area contributed by atoms with E-state index in [1.165, 1.54) is 6.33 Å². The molecule has 0 saturated heterocycles. The highest BCUT2D eigenvalue weighted by Gasteiger charge is 2.39. The fourth-order valence-electron chi connectivity index (χ4n) is 2.41. The summed E-state index contributed by atoms with van der Waals surface area (Å²) in [6, 6.07) is 0. The Morgan fingerprint density at radius 1 is 1.22 bits per heavy atom. The second-order valence-corrected chi connectivity index (χ2v) is 5.21. The van der Waals surface area contributed by atoms with Crippen molar-refractivity contribution in [3.63, 3.8) is 0 Å². The van der Waals surface area contributed by atoms with Crippen LogP contribution in [-0.4, -0.2) is 26.7 Å². The molecule has 1 fully saturated rings. The minimum atomic E-state index is -0.726. The maximum absolute atomic E-state index is 12.2. The smallest absolute Gasteiger partial charge is 0.149 e. The Balaban J connectivity index is 2.29. The largest absolute Gasteiger partial charge is 0.298 e. The summed E-state index contributed by atoms with van der Waals surface area (Å²) in [6.07, 6.45) is 2.20. The summed E-state index contributed by atoms with van der Waals surface area (Å²) >= 11 is 0. The third-order valence-corrected chi connectivity index (χ3v) is 3.61. The quantitative estimate of drug-likeness (QED) is 0.740. The van der Waals surface area contributed by atoms with Crippen LogP contribution < -0.4 is 0 Å². The van der Waals surface area contributed by atoms with Crippen molar-refractivity contribution in [1.29, 1.82) is 0 Å². The molecule has 1 aliphatic carbocycles. The van der Waals surface area contributed by atoms with Gasteiger partial charge < -0.3 is 0 Å². The standard InChI is InChI=1S/C13H17N3O2/c1-7(2)9-4-10(17)12(11(18)5-9)13-8(3)16-15-6-14-13/h6-7,9,12H,4-5H2,1-3H3. The summed E-state index contributed by atoms with van der Waals surface area (Å²) in [5, 5.41) is 7.51. The summed E-state index contributed by atoms with van der Waals surface area (Å²) < 4.78 is 0. The molecule has 0 bridgehead atoms. The zero-order chi connectivity index (χ0) is 13.3. The van der Waals surface area contributed by atoms with Crippen LogP contribution in [0.25, 0.3) is 0 Å². The van der Waals surface area contributed by atoms with Crippen molar-refractivity contribution in [1.82, 2.24) is 15.2 Å². The molecular formula is C13H17N3O2. The molecule has 5 nitrogen and oxygen atoms in total. The van der Waals surface area contributed by atoms with E-state index in [0.717, 1.165) is 0 Å². The molecule has 0 aromatic carbocycles. The minimum absolute atomic E-state index is 0.0337. The predicted octanol–water partition coefficient (Wildman–Crippen LogP) is 1.47. The average molecular weight is 247 g/mol. The summed E-state index contributed by atoms with van der Waals surface area (Å²) in [7, 11) is 0. The Bertz CT molecular complexity index is 467. The van der Waals surface area contributed by atoms with E-state index in [1.807, 2.05) is 13.8 Å². The lowest BCUT2D eigenvalue weighted by Gasteiger charge is -2.28. The number of rotatable bonds is 2. The molecule has 1 heterocycles. The predicted molar refractivity (Wildman–Crippen MR) is 64.9 cm³/mol. The second kappa shape index (κ2) is 4.92. The molecule has 2 rings (SSSR count). The van der Waals surface area contributed by atoms with Crippen molar-refractivity contribution >= 4 is 11.6 Å². The lowest BCUT2D eigenvalue weighted by Crippen LogP contribution is -2.34. The van der Waals surface area contributed by atoms with E-state index >= 15 is 0 Å². The molecule has 0 atom stereocenters. The lowest BCUT2D eigenvalue weighted by atomic mass is 9.74. The minimum Gasteiger partial charge on any atom is -0.298 e. The van der Waals surface area contributed by atoms with Crippen molar-refractivity contribution < 1.29 is 9.59 Å². The molecule has 1 aromatic heterocycles. The Morgan fingerprint density at radius 2 is 1.83 bits per heavy atom. The van der Waals surface area contributed by atoms with Gasteiger partial charge in [0.2, 0.25) is 0 Å². The van der Waals surface area contributed by atoms with Crippen LogP contribution in [0.15, 0.2) is 6.33 Å². The van der Waals surface area contributed by atoms with E-state index in [1.54, 1.807) is 6.92 Å². The van der Waals surface area contributed by atoms with Gasteiger partial charge in [-0.15, -0.1) is 5.10 Å². The van der Waals surface area contributed by atoms with Crippen molar-refractivity contribution in [3.05, 3.63) is 17.7 Å². The van der Waals surface area contributed by atoms with Crippen LogP contribution in [-0.2, 0) is 9.59 Å². The van der Waals surface area contributed by atoms with Crippen LogP contribution in [0.1, 0.15) is 44.0 Å². The monoisotopic (exact) mass is 247 g/mol. The Labute approximate surface area is 106 Å². The first-order chi connectivity index (χ1) is 8.50. The normalized spacial score (nSPS) is 24.7. The molecule has 0 spiro atoms. The molecule has 0 unspecified atom stereocenters. The Hall–Kier alpha value is -1.65. The third-order valence-electron chi connectivity index (χ3n) is 3.61. The number of Topliss-reactive ketones (excluding diaryl/α,β-unsaturated/α-hetero) is 2. The molecule has 18 heavy (non-hydrogen) atoms. The average Bonchev–Trinajstić information content (AvgIpc) is 2.30. The molecular weight excluding hydrogens is 230 g/mol. The van der Waals surface area contributed by atoms with Crippen molar-refractivity contribution in [2.75, 3.05) is 0 Å². The van der Waals surface area contributed by atoms with Gasteiger partial charge in [0.25, 0.3) is 0 Å². The highest BCUT2D eigenvalue weighted by molar-refractivity contribution is 6.09. The number of hydrogen-bond donors (Lipinski definition) is 0. The maximum atomic E-state index is 12.2. The zero-order valence-corrected chi connectivity index (χ0v) is 10.9. The van der Waals surface area contributed by atoms with E-state index in [4.69, 9.17) is 0 Å². The molecule has 5 heteroatoms. The number of hydrogen-bond acceptors (Lipinski definition) is 5. The fraction of sp³-hybridized carbons (Fsp3) is 0.615. The molecule has 0 aliphatic heterocycles. The van der Waals surface area contributed by atoms with E-state index < -0.39 is 5.92 Å². The SMILES string of the molecule is Cc1nncnc1C1C(=O)CC(C(C)C)CC1=O. The summed E-state index contributed by atoms with van der Waals surface area (Å²) in [5.74, 6) is -0.280. The fourth-order valence-corrected chi connectivity index (χ4v) is 2.41. The van der Waals surface area contributed by atoms with Gasteiger partial charge in [-0.05, 0) is 18.8 Å². The first-order valence-corrected chi connectivity index (χ1v) is 6.20. The van der Waals surface area contributed by atoms with Gasteiger partial charge in [-0.1, -0.05) is 13.8 Å². The Kier molecular flexibility index (Phi) is 3.50. The molecule has 96 valence electrons. The van der Waals surface area contributed by atoms with E-state index in [-0.39, 0.29) is 17.5 Å². The second-order valence-electron chi connectivity index (χ2n) is 5.21. The molecule has 1 saturated carbocycles. The van der Waals surface area contributed by atoms with Gasteiger partial charge in [0.05, 0.1) is 11.4 Å². The highest BCUT2D eigenvalue weighted by atomic mass is 16.2. The summed E-state index contributed by atoms with van der Waals surface area (Å²) in [5.41, 5.74) is 1.04. The number of aryl methyl sites for hydroxylation is 1. The topological polar surface area (TPSA) is 72.8 Å². The number of carbonyl (C=O) groups excluding carboxylic acids is 2. The van der Waals surface area contributed by atoms with Gasteiger partial charge in [0.1, 0.15) is 23.8 Å².